The predicted molar refractivity (Wildman–Crippen MR) is 129 cm³/mol. The lowest BCUT2D eigenvalue weighted by molar-refractivity contribution is -0.121. The second-order valence-electron chi connectivity index (χ2n) is 6.91. The quantitative estimate of drug-likeness (QED) is 0.287. The van der Waals surface area contributed by atoms with Gasteiger partial charge >= 0.3 is 0 Å². The van der Waals surface area contributed by atoms with Gasteiger partial charge in [0, 0.05) is 0 Å². The summed E-state index contributed by atoms with van der Waals surface area (Å²) < 4.78 is 42.0. The van der Waals surface area contributed by atoms with Crippen molar-refractivity contribution in [2.75, 3.05) is 30.9 Å². The van der Waals surface area contributed by atoms with Gasteiger partial charge in [-0.1, -0.05) is 12.7 Å². The fourth-order valence-corrected chi connectivity index (χ4v) is 4.12. The number of carbonyl (C=O) groups excluding carboxylic acids is 1. The molecular weight excluding hydrogens is 446 g/mol. The molecule has 1 amide bonds. The standard InChI is InChI=1S/C23H29N3O6S/c1-6-14-32-21-13-8-18(15-22(21)31-7-2)16-24-25-23(27)17(3)26(33(5,28)29)19-9-11-20(30-4)12-10-19/h6,8-13,15-17H,1,7,14H2,2-5H3,(H,25,27)/b24-16-/t17-/m1/s1. The Labute approximate surface area is 194 Å². The molecule has 178 valence electrons. The molecule has 1 atom stereocenters. The number of ether oxygens (including phenoxy) is 3. The summed E-state index contributed by atoms with van der Waals surface area (Å²) in [6, 6.07) is 10.5. The average molecular weight is 476 g/mol. The van der Waals surface area contributed by atoms with Gasteiger partial charge in [0.15, 0.2) is 11.5 Å². The van der Waals surface area contributed by atoms with Crippen LogP contribution in [0.5, 0.6) is 17.2 Å². The van der Waals surface area contributed by atoms with Crippen molar-refractivity contribution in [3.63, 3.8) is 0 Å². The number of hydrogen-bond donors (Lipinski definition) is 1. The van der Waals surface area contributed by atoms with Crippen molar-refractivity contribution in [2.45, 2.75) is 19.9 Å². The number of sulfonamides is 1. The van der Waals surface area contributed by atoms with Gasteiger partial charge in [-0.05, 0) is 61.9 Å². The average Bonchev–Trinajstić information content (AvgIpc) is 2.78. The van der Waals surface area contributed by atoms with Gasteiger partial charge in [-0.25, -0.2) is 13.8 Å². The van der Waals surface area contributed by atoms with E-state index in [2.05, 4.69) is 17.1 Å². The normalized spacial score (nSPS) is 12.1. The van der Waals surface area contributed by atoms with Crippen LogP contribution in [0.2, 0.25) is 0 Å². The zero-order valence-corrected chi connectivity index (χ0v) is 20.0. The van der Waals surface area contributed by atoms with Gasteiger partial charge in [0.1, 0.15) is 18.4 Å². The van der Waals surface area contributed by atoms with Crippen LogP contribution in [0.3, 0.4) is 0 Å². The summed E-state index contributed by atoms with van der Waals surface area (Å²) in [7, 11) is -2.23. The summed E-state index contributed by atoms with van der Waals surface area (Å²) in [5.41, 5.74) is 3.38. The third-order valence-corrected chi connectivity index (χ3v) is 5.67. The molecule has 0 unspecified atom stereocenters. The molecule has 33 heavy (non-hydrogen) atoms. The Morgan fingerprint density at radius 3 is 2.45 bits per heavy atom. The molecule has 0 radical (unpaired) electrons. The molecule has 2 aromatic carbocycles. The molecule has 0 spiro atoms. The van der Waals surface area contributed by atoms with E-state index in [1.807, 2.05) is 6.92 Å². The number of nitrogens with zero attached hydrogens (tertiary/aromatic N) is 2. The first-order valence-electron chi connectivity index (χ1n) is 10.2. The number of methoxy groups -OCH3 is 1. The second kappa shape index (κ2) is 11.9. The molecule has 0 fully saturated rings. The lowest BCUT2D eigenvalue weighted by Crippen LogP contribution is -2.46. The van der Waals surface area contributed by atoms with E-state index in [0.717, 1.165) is 10.6 Å². The van der Waals surface area contributed by atoms with Crippen molar-refractivity contribution < 1.29 is 27.4 Å². The lowest BCUT2D eigenvalue weighted by Gasteiger charge is -2.27. The number of benzene rings is 2. The first-order chi connectivity index (χ1) is 15.7. The Bertz CT molecular complexity index is 1080. The van der Waals surface area contributed by atoms with Crippen LogP contribution in [0, 0.1) is 0 Å². The Kier molecular flexibility index (Phi) is 9.29. The number of hydrazone groups is 1. The Morgan fingerprint density at radius 1 is 1.18 bits per heavy atom. The van der Waals surface area contributed by atoms with Crippen LogP contribution in [0.15, 0.2) is 60.2 Å². The highest BCUT2D eigenvalue weighted by Gasteiger charge is 2.29. The van der Waals surface area contributed by atoms with Crippen LogP contribution < -0.4 is 23.9 Å². The zero-order chi connectivity index (χ0) is 24.4. The number of rotatable bonds is 12. The minimum atomic E-state index is -3.74. The smallest absolute Gasteiger partial charge is 0.263 e. The van der Waals surface area contributed by atoms with Gasteiger partial charge < -0.3 is 14.2 Å². The van der Waals surface area contributed by atoms with Crippen LogP contribution in [0.1, 0.15) is 19.4 Å². The van der Waals surface area contributed by atoms with E-state index in [0.29, 0.717) is 41.7 Å². The van der Waals surface area contributed by atoms with Crippen LogP contribution >= 0.6 is 0 Å². The number of hydrogen-bond acceptors (Lipinski definition) is 7. The van der Waals surface area contributed by atoms with Crippen molar-refractivity contribution in [2.24, 2.45) is 5.10 Å². The number of carbonyl (C=O) groups is 1. The molecule has 2 aromatic rings. The van der Waals surface area contributed by atoms with E-state index in [9.17, 15) is 13.2 Å². The van der Waals surface area contributed by atoms with Gasteiger partial charge in [-0.3, -0.25) is 9.10 Å². The van der Waals surface area contributed by atoms with Crippen LogP contribution in [-0.4, -0.2) is 53.2 Å². The van der Waals surface area contributed by atoms with E-state index in [1.54, 1.807) is 48.5 Å². The zero-order valence-electron chi connectivity index (χ0n) is 19.1. The summed E-state index contributed by atoms with van der Waals surface area (Å²) in [5, 5.41) is 3.96. The van der Waals surface area contributed by atoms with E-state index >= 15 is 0 Å². The van der Waals surface area contributed by atoms with E-state index in [4.69, 9.17) is 14.2 Å². The van der Waals surface area contributed by atoms with Crippen molar-refractivity contribution in [3.8, 4) is 17.2 Å². The second-order valence-corrected chi connectivity index (χ2v) is 8.77. The predicted octanol–water partition coefficient (Wildman–Crippen LogP) is 2.96. The summed E-state index contributed by atoms with van der Waals surface area (Å²) in [6.07, 6.45) is 4.10. The van der Waals surface area contributed by atoms with Crippen LogP contribution in [0.4, 0.5) is 5.69 Å². The highest BCUT2D eigenvalue weighted by Crippen LogP contribution is 2.28. The molecule has 0 aliphatic heterocycles. The molecular formula is C23H29N3O6S. The summed E-state index contributed by atoms with van der Waals surface area (Å²) in [5.74, 6) is 1.07. The largest absolute Gasteiger partial charge is 0.497 e. The molecule has 10 heteroatoms. The van der Waals surface area contributed by atoms with Gasteiger partial charge in [0.2, 0.25) is 10.0 Å². The third-order valence-electron chi connectivity index (χ3n) is 4.43. The Hall–Kier alpha value is -3.53. The fraction of sp³-hybridized carbons (Fsp3) is 0.304. The van der Waals surface area contributed by atoms with Crippen molar-refractivity contribution >= 4 is 27.8 Å². The maximum Gasteiger partial charge on any atom is 0.263 e. The highest BCUT2D eigenvalue weighted by molar-refractivity contribution is 7.92. The number of nitrogens with one attached hydrogen (secondary N) is 1. The Morgan fingerprint density at radius 2 is 1.88 bits per heavy atom. The summed E-state index contributed by atoms with van der Waals surface area (Å²) in [4.78, 5) is 12.6. The van der Waals surface area contributed by atoms with Crippen LogP contribution in [0.25, 0.3) is 0 Å². The van der Waals surface area contributed by atoms with Gasteiger partial charge in [-0.15, -0.1) is 0 Å². The number of amides is 1. The first-order valence-corrected chi connectivity index (χ1v) is 12.0. The fourth-order valence-electron chi connectivity index (χ4n) is 2.94. The minimum Gasteiger partial charge on any atom is -0.497 e. The molecule has 0 heterocycles. The van der Waals surface area contributed by atoms with Gasteiger partial charge in [0.25, 0.3) is 5.91 Å². The molecule has 0 saturated heterocycles. The highest BCUT2D eigenvalue weighted by atomic mass is 32.2. The van der Waals surface area contributed by atoms with Gasteiger partial charge in [-0.2, -0.15) is 5.10 Å². The number of anilines is 1. The monoisotopic (exact) mass is 475 g/mol. The molecule has 0 aromatic heterocycles. The summed E-state index contributed by atoms with van der Waals surface area (Å²) in [6.45, 7) is 7.75. The Balaban J connectivity index is 2.15. The van der Waals surface area contributed by atoms with Crippen molar-refractivity contribution in [1.29, 1.82) is 0 Å². The molecule has 9 nitrogen and oxygen atoms in total. The van der Waals surface area contributed by atoms with Crippen LogP contribution in [-0.2, 0) is 14.8 Å². The van der Waals surface area contributed by atoms with Gasteiger partial charge in [0.05, 0.1) is 31.9 Å². The molecule has 1 N–H and O–H groups in total. The van der Waals surface area contributed by atoms with E-state index in [-0.39, 0.29) is 0 Å². The third kappa shape index (κ3) is 7.25. The summed E-state index contributed by atoms with van der Waals surface area (Å²) >= 11 is 0. The minimum absolute atomic E-state index is 0.335. The molecule has 0 aliphatic rings. The molecule has 0 saturated carbocycles. The topological polar surface area (TPSA) is 107 Å². The van der Waals surface area contributed by atoms with E-state index in [1.165, 1.54) is 20.2 Å². The molecule has 0 aliphatic carbocycles. The molecule has 0 bridgehead atoms. The maximum absolute atomic E-state index is 12.6. The SMILES string of the molecule is C=CCOc1ccc(/C=N\NC(=O)[C@@H](C)N(c2ccc(OC)cc2)S(C)(=O)=O)cc1OCC. The van der Waals surface area contributed by atoms with Crippen molar-refractivity contribution in [3.05, 3.63) is 60.7 Å². The van der Waals surface area contributed by atoms with Crippen molar-refractivity contribution in [1.82, 2.24) is 5.43 Å². The van der Waals surface area contributed by atoms with E-state index < -0.39 is 22.0 Å². The molecule has 2 rings (SSSR count). The first kappa shape index (κ1) is 25.7. The lowest BCUT2D eigenvalue weighted by atomic mass is 10.2. The maximum atomic E-state index is 12.6.